The van der Waals surface area contributed by atoms with Crippen molar-refractivity contribution in [3.05, 3.63) is 29.8 Å². The molecule has 1 aromatic rings. The van der Waals surface area contributed by atoms with Gasteiger partial charge in [0.2, 0.25) is 0 Å². The van der Waals surface area contributed by atoms with Gasteiger partial charge in [0, 0.05) is 23.8 Å². The lowest BCUT2D eigenvalue weighted by Crippen LogP contribution is -2.34. The van der Waals surface area contributed by atoms with Gasteiger partial charge in [-0.15, -0.1) is 0 Å². The number of carbonyl (C=O) groups is 1. The molecule has 0 spiro atoms. The Labute approximate surface area is 94.7 Å². The van der Waals surface area contributed by atoms with Gasteiger partial charge in [0.1, 0.15) is 11.4 Å². The first-order valence-electron chi connectivity index (χ1n) is 4.87. The third-order valence-electron chi connectivity index (χ3n) is 2.19. The third kappa shape index (κ3) is 3.10. The summed E-state index contributed by atoms with van der Waals surface area (Å²) in [6.07, 6.45) is 2.39. The maximum Gasteiger partial charge on any atom is 0.328 e. The van der Waals surface area contributed by atoms with E-state index in [4.69, 9.17) is 5.11 Å². The van der Waals surface area contributed by atoms with E-state index >= 15 is 0 Å². The zero-order chi connectivity index (χ0) is 12.3. The summed E-state index contributed by atoms with van der Waals surface area (Å²) in [5, 5.41) is 18.1. The molecule has 0 aliphatic rings. The number of phenolic OH excluding ortho intramolecular Hbond substituents is 1. The van der Waals surface area contributed by atoms with E-state index in [0.717, 1.165) is 11.8 Å². The highest BCUT2D eigenvalue weighted by molar-refractivity contribution is 5.86. The molecular weight excluding hydrogens is 206 g/mol. The molecule has 1 rings (SSSR count). The van der Waals surface area contributed by atoms with E-state index in [1.54, 1.807) is 12.1 Å². The average Bonchev–Trinajstić information content (AvgIpc) is 2.14. The second kappa shape index (κ2) is 4.37. The lowest BCUT2D eigenvalue weighted by molar-refractivity contribution is -0.131. The Morgan fingerprint density at radius 3 is 2.44 bits per heavy atom. The Morgan fingerprint density at radius 1 is 1.31 bits per heavy atom. The molecule has 0 radical (unpaired) electrons. The topological polar surface area (TPSA) is 57.5 Å². The molecule has 4 nitrogen and oxygen atoms in total. The number of rotatable bonds is 3. The predicted molar refractivity (Wildman–Crippen MR) is 64.3 cm³/mol. The first kappa shape index (κ1) is 12.3. The summed E-state index contributed by atoms with van der Waals surface area (Å²) in [4.78, 5) is 10.4. The van der Waals surface area contributed by atoms with Crippen LogP contribution in [-0.2, 0) is 4.79 Å². The van der Waals surface area contributed by atoms with Crippen LogP contribution in [0.3, 0.4) is 0 Å². The van der Waals surface area contributed by atoms with Crippen molar-refractivity contribution < 1.29 is 15.0 Å². The number of carboxylic acids is 1. The van der Waals surface area contributed by atoms with Gasteiger partial charge in [-0.1, -0.05) is 0 Å². The zero-order valence-corrected chi connectivity index (χ0v) is 9.64. The molecule has 1 aromatic carbocycles. The molecule has 4 heteroatoms. The van der Waals surface area contributed by atoms with Crippen LogP contribution < -0.4 is 4.48 Å². The predicted octanol–water partition coefficient (Wildman–Crippen LogP) is 1.69. The zero-order valence-electron chi connectivity index (χ0n) is 9.64. The van der Waals surface area contributed by atoms with Gasteiger partial charge in [0.15, 0.2) is 0 Å². The fraction of sp³-hybridized carbons (Fsp3) is 0.250. The Kier molecular flexibility index (Phi) is 3.34. The van der Waals surface area contributed by atoms with Crippen LogP contribution in [0.4, 0.5) is 5.69 Å². The van der Waals surface area contributed by atoms with Gasteiger partial charge in [-0.05, 0) is 12.1 Å². The van der Waals surface area contributed by atoms with Crippen molar-refractivity contribution >= 4 is 17.7 Å². The summed E-state index contributed by atoms with van der Waals surface area (Å²) in [6.45, 7) is 0. The number of phenols is 1. The van der Waals surface area contributed by atoms with Crippen LogP contribution in [0.15, 0.2) is 24.3 Å². The lowest BCUT2D eigenvalue weighted by Gasteiger charge is -2.23. The molecule has 0 amide bonds. The third-order valence-corrected chi connectivity index (χ3v) is 2.19. The van der Waals surface area contributed by atoms with Crippen molar-refractivity contribution in [3.8, 4) is 5.75 Å². The van der Waals surface area contributed by atoms with Crippen molar-refractivity contribution in [3.63, 3.8) is 0 Å². The highest BCUT2D eigenvalue weighted by atomic mass is 16.4. The number of carboxylic acid groups (broad SMARTS) is 1. The number of benzene rings is 1. The molecule has 0 saturated carbocycles. The summed E-state index contributed by atoms with van der Waals surface area (Å²) in [7, 11) is 5.99. The van der Waals surface area contributed by atoms with Crippen LogP contribution >= 0.6 is 0 Å². The Morgan fingerprint density at radius 2 is 1.94 bits per heavy atom. The number of aliphatic carboxylic acids is 1. The molecule has 0 aliphatic heterocycles. The highest BCUT2D eigenvalue weighted by Crippen LogP contribution is 2.26. The van der Waals surface area contributed by atoms with Crippen LogP contribution in [0.5, 0.6) is 5.75 Å². The smallest absolute Gasteiger partial charge is 0.328 e. The second-order valence-electron chi connectivity index (χ2n) is 4.43. The molecule has 0 heterocycles. The maximum absolute atomic E-state index is 10.4. The van der Waals surface area contributed by atoms with E-state index in [1.807, 2.05) is 27.2 Å². The molecule has 0 saturated heterocycles. The molecule has 2 N–H and O–H groups in total. The number of hydrogen-bond donors (Lipinski definition) is 2. The van der Waals surface area contributed by atoms with E-state index in [0.29, 0.717) is 10.0 Å². The van der Waals surface area contributed by atoms with E-state index in [2.05, 4.69) is 0 Å². The molecule has 16 heavy (non-hydrogen) atoms. The first-order chi connectivity index (χ1) is 7.30. The van der Waals surface area contributed by atoms with E-state index in [-0.39, 0.29) is 5.75 Å². The average molecular weight is 222 g/mol. The molecule has 0 bridgehead atoms. The van der Waals surface area contributed by atoms with Gasteiger partial charge < -0.3 is 10.2 Å². The standard InChI is InChI=1S/C12H15NO3/c1-13(2,3)10-5-6-11(14)9(8-10)4-7-12(15)16/h4-8H,1-3H3,(H-,14,15,16)/p+1/b7-4+. The lowest BCUT2D eigenvalue weighted by atomic mass is 10.1. The van der Waals surface area contributed by atoms with Gasteiger partial charge in [0.05, 0.1) is 21.1 Å². The minimum atomic E-state index is -1.03. The van der Waals surface area contributed by atoms with Crippen molar-refractivity contribution in [2.45, 2.75) is 0 Å². The monoisotopic (exact) mass is 222 g/mol. The van der Waals surface area contributed by atoms with Gasteiger partial charge >= 0.3 is 5.97 Å². The van der Waals surface area contributed by atoms with Crippen LogP contribution in [0.1, 0.15) is 5.56 Å². The molecule has 0 atom stereocenters. The highest BCUT2D eigenvalue weighted by Gasteiger charge is 2.13. The largest absolute Gasteiger partial charge is 0.507 e. The summed E-state index contributed by atoms with van der Waals surface area (Å²) in [5.74, 6) is -0.954. The van der Waals surface area contributed by atoms with Gasteiger partial charge in [-0.3, -0.25) is 4.48 Å². The maximum atomic E-state index is 10.4. The number of nitrogens with zero attached hydrogens (tertiary/aromatic N) is 1. The fourth-order valence-corrected chi connectivity index (χ4v) is 1.25. The summed E-state index contributed by atoms with van der Waals surface area (Å²) < 4.78 is 0.605. The van der Waals surface area contributed by atoms with E-state index in [9.17, 15) is 9.90 Å². The minimum absolute atomic E-state index is 0.0784. The van der Waals surface area contributed by atoms with Crippen LogP contribution in [0.2, 0.25) is 0 Å². The fourth-order valence-electron chi connectivity index (χ4n) is 1.25. The van der Waals surface area contributed by atoms with E-state index < -0.39 is 5.97 Å². The molecular formula is C12H16NO3+. The van der Waals surface area contributed by atoms with Gasteiger partial charge in [0.25, 0.3) is 0 Å². The quantitative estimate of drug-likeness (QED) is 0.604. The van der Waals surface area contributed by atoms with Crippen LogP contribution in [-0.4, -0.2) is 37.3 Å². The van der Waals surface area contributed by atoms with Crippen LogP contribution in [0.25, 0.3) is 6.08 Å². The summed E-state index contributed by atoms with van der Waals surface area (Å²) >= 11 is 0. The molecule has 86 valence electrons. The Bertz CT molecular complexity index is 430. The van der Waals surface area contributed by atoms with Crippen molar-refractivity contribution in [1.29, 1.82) is 0 Å². The molecule has 0 fully saturated rings. The summed E-state index contributed by atoms with van der Waals surface area (Å²) in [5.41, 5.74) is 1.50. The van der Waals surface area contributed by atoms with E-state index in [1.165, 1.54) is 6.08 Å². The SMILES string of the molecule is C[N+](C)(C)c1ccc(O)c(/C=C/C(=O)O)c1. The minimum Gasteiger partial charge on any atom is -0.507 e. The molecule has 0 unspecified atom stereocenters. The number of hydrogen-bond acceptors (Lipinski definition) is 2. The Balaban J connectivity index is 3.14. The van der Waals surface area contributed by atoms with Crippen molar-refractivity contribution in [1.82, 2.24) is 4.48 Å². The molecule has 0 aliphatic carbocycles. The van der Waals surface area contributed by atoms with Crippen molar-refractivity contribution in [2.24, 2.45) is 0 Å². The normalized spacial score (nSPS) is 11.9. The first-order valence-corrected chi connectivity index (χ1v) is 4.87. The van der Waals surface area contributed by atoms with Crippen molar-refractivity contribution in [2.75, 3.05) is 21.1 Å². The Hall–Kier alpha value is -1.81. The molecule has 0 aromatic heterocycles. The number of quaternary nitrogens is 1. The summed E-state index contributed by atoms with van der Waals surface area (Å²) in [6, 6.07) is 5.16. The van der Waals surface area contributed by atoms with Crippen LogP contribution in [0, 0.1) is 0 Å². The van der Waals surface area contributed by atoms with Gasteiger partial charge in [-0.2, -0.15) is 0 Å². The number of aromatic hydroxyl groups is 1. The second-order valence-corrected chi connectivity index (χ2v) is 4.43. The van der Waals surface area contributed by atoms with Gasteiger partial charge in [-0.25, -0.2) is 4.79 Å².